The van der Waals surface area contributed by atoms with E-state index in [9.17, 15) is 4.79 Å². The van der Waals surface area contributed by atoms with E-state index in [4.69, 9.17) is 4.74 Å². The van der Waals surface area contributed by atoms with E-state index < -0.39 is 0 Å². The second-order valence-electron chi connectivity index (χ2n) is 5.35. The summed E-state index contributed by atoms with van der Waals surface area (Å²) in [6, 6.07) is 20.8. The van der Waals surface area contributed by atoms with Gasteiger partial charge in [0.15, 0.2) is 0 Å². The zero-order chi connectivity index (χ0) is 16.6. The van der Waals surface area contributed by atoms with Crippen LogP contribution in [-0.4, -0.2) is 11.0 Å². The predicted octanol–water partition coefficient (Wildman–Crippen LogP) is 4.05. The average Bonchev–Trinajstić information content (AvgIpc) is 2.66. The van der Waals surface area contributed by atoms with Gasteiger partial charge in [0.2, 0.25) is 0 Å². The van der Waals surface area contributed by atoms with Gasteiger partial charge in [-0.2, -0.15) is 0 Å². The van der Waals surface area contributed by atoms with E-state index in [1.165, 1.54) is 0 Å². The minimum absolute atomic E-state index is 0.278. The van der Waals surface area contributed by atoms with Gasteiger partial charge >= 0.3 is 5.97 Å². The van der Waals surface area contributed by atoms with E-state index in [2.05, 4.69) is 10.3 Å². The standard InChI is InChI=1S/C20H18N2O2/c23-20(24-15-16-5-2-1-3-6-16)18-8-10-19(11-9-18)22-14-17-7-4-12-21-13-17/h1-13,22H,14-15H2. The van der Waals surface area contributed by atoms with Crippen LogP contribution in [-0.2, 0) is 17.9 Å². The van der Waals surface area contributed by atoms with Gasteiger partial charge in [-0.1, -0.05) is 36.4 Å². The number of nitrogens with zero attached hydrogens (tertiary/aromatic N) is 1. The fraction of sp³-hybridized carbons (Fsp3) is 0.100. The summed E-state index contributed by atoms with van der Waals surface area (Å²) in [6.07, 6.45) is 3.57. The lowest BCUT2D eigenvalue weighted by atomic mass is 10.2. The van der Waals surface area contributed by atoms with Crippen LogP contribution in [0.1, 0.15) is 21.5 Å². The van der Waals surface area contributed by atoms with E-state index in [1.54, 1.807) is 18.3 Å². The van der Waals surface area contributed by atoms with Gasteiger partial charge in [-0.05, 0) is 41.5 Å². The van der Waals surface area contributed by atoms with Gasteiger partial charge < -0.3 is 10.1 Å². The maximum Gasteiger partial charge on any atom is 0.338 e. The molecule has 1 N–H and O–H groups in total. The first kappa shape index (κ1) is 15.7. The Morgan fingerprint density at radius 2 is 1.67 bits per heavy atom. The van der Waals surface area contributed by atoms with Crippen molar-refractivity contribution in [1.82, 2.24) is 4.98 Å². The molecular formula is C20H18N2O2. The summed E-state index contributed by atoms with van der Waals surface area (Å²) in [5.41, 5.74) is 3.56. The molecule has 0 aliphatic rings. The van der Waals surface area contributed by atoms with Gasteiger partial charge in [-0.15, -0.1) is 0 Å². The Bertz CT molecular complexity index is 772. The number of rotatable bonds is 6. The average molecular weight is 318 g/mol. The maximum atomic E-state index is 12.1. The van der Waals surface area contributed by atoms with Crippen LogP contribution in [0.3, 0.4) is 0 Å². The molecule has 4 nitrogen and oxygen atoms in total. The molecule has 0 atom stereocenters. The Kier molecular flexibility index (Phi) is 5.20. The SMILES string of the molecule is O=C(OCc1ccccc1)c1ccc(NCc2cccnc2)cc1. The van der Waals surface area contributed by atoms with Gasteiger partial charge in [-0.3, -0.25) is 4.98 Å². The summed E-state index contributed by atoms with van der Waals surface area (Å²) in [7, 11) is 0. The number of carbonyl (C=O) groups is 1. The summed E-state index contributed by atoms with van der Waals surface area (Å²) in [6.45, 7) is 0.965. The molecule has 0 spiro atoms. The number of anilines is 1. The molecule has 0 amide bonds. The number of ether oxygens (including phenoxy) is 1. The number of hydrogen-bond donors (Lipinski definition) is 1. The Morgan fingerprint density at radius 3 is 2.38 bits per heavy atom. The van der Waals surface area contributed by atoms with Crippen molar-refractivity contribution in [2.45, 2.75) is 13.2 Å². The van der Waals surface area contributed by atoms with Gasteiger partial charge in [0.1, 0.15) is 6.61 Å². The highest BCUT2D eigenvalue weighted by Crippen LogP contribution is 2.13. The quantitative estimate of drug-likeness (QED) is 0.697. The molecule has 24 heavy (non-hydrogen) atoms. The highest BCUT2D eigenvalue weighted by atomic mass is 16.5. The van der Waals surface area contributed by atoms with Crippen LogP contribution in [0, 0.1) is 0 Å². The molecular weight excluding hydrogens is 300 g/mol. The monoisotopic (exact) mass is 318 g/mol. The Hall–Kier alpha value is -3.14. The number of carbonyl (C=O) groups excluding carboxylic acids is 1. The molecule has 0 aliphatic heterocycles. The highest BCUT2D eigenvalue weighted by Gasteiger charge is 2.07. The zero-order valence-corrected chi connectivity index (χ0v) is 13.2. The van der Waals surface area contributed by atoms with E-state index in [-0.39, 0.29) is 12.6 Å². The molecule has 0 saturated heterocycles. The first-order valence-electron chi connectivity index (χ1n) is 7.75. The van der Waals surface area contributed by atoms with E-state index in [0.29, 0.717) is 12.1 Å². The van der Waals surface area contributed by atoms with Crippen LogP contribution in [0.2, 0.25) is 0 Å². The van der Waals surface area contributed by atoms with Gasteiger partial charge in [0.25, 0.3) is 0 Å². The lowest BCUT2D eigenvalue weighted by molar-refractivity contribution is 0.0473. The van der Waals surface area contributed by atoms with Crippen molar-refractivity contribution in [3.8, 4) is 0 Å². The summed E-state index contributed by atoms with van der Waals surface area (Å²) >= 11 is 0. The lowest BCUT2D eigenvalue weighted by Gasteiger charge is -2.08. The summed E-state index contributed by atoms with van der Waals surface area (Å²) in [5.74, 6) is -0.322. The fourth-order valence-corrected chi connectivity index (χ4v) is 2.24. The third kappa shape index (κ3) is 4.43. The molecule has 1 aromatic heterocycles. The van der Waals surface area contributed by atoms with Crippen LogP contribution in [0.5, 0.6) is 0 Å². The van der Waals surface area contributed by atoms with Gasteiger partial charge in [0, 0.05) is 24.6 Å². The molecule has 0 bridgehead atoms. The number of aromatic nitrogens is 1. The molecule has 2 aromatic carbocycles. The molecule has 3 rings (SSSR count). The van der Waals surface area contributed by atoms with Crippen molar-refractivity contribution in [2.75, 3.05) is 5.32 Å². The normalized spacial score (nSPS) is 10.2. The third-order valence-electron chi connectivity index (χ3n) is 3.55. The molecule has 3 aromatic rings. The number of esters is 1. The molecule has 120 valence electrons. The maximum absolute atomic E-state index is 12.1. The van der Waals surface area contributed by atoms with Crippen LogP contribution in [0.15, 0.2) is 79.1 Å². The largest absolute Gasteiger partial charge is 0.457 e. The zero-order valence-electron chi connectivity index (χ0n) is 13.2. The van der Waals surface area contributed by atoms with Crippen molar-refractivity contribution >= 4 is 11.7 Å². The number of benzene rings is 2. The van der Waals surface area contributed by atoms with Crippen LogP contribution in [0.25, 0.3) is 0 Å². The molecule has 4 heteroatoms. The molecule has 1 heterocycles. The van der Waals surface area contributed by atoms with Crippen molar-refractivity contribution in [1.29, 1.82) is 0 Å². The van der Waals surface area contributed by atoms with E-state index >= 15 is 0 Å². The minimum atomic E-state index is -0.322. The first-order valence-corrected chi connectivity index (χ1v) is 7.75. The lowest BCUT2D eigenvalue weighted by Crippen LogP contribution is -2.05. The molecule has 0 unspecified atom stereocenters. The second kappa shape index (κ2) is 7.92. The molecule has 0 fully saturated rings. The van der Waals surface area contributed by atoms with Crippen molar-refractivity contribution in [3.05, 3.63) is 95.8 Å². The van der Waals surface area contributed by atoms with Crippen molar-refractivity contribution in [3.63, 3.8) is 0 Å². The summed E-state index contributed by atoms with van der Waals surface area (Å²) < 4.78 is 5.32. The fourth-order valence-electron chi connectivity index (χ4n) is 2.24. The second-order valence-corrected chi connectivity index (χ2v) is 5.35. The summed E-state index contributed by atoms with van der Waals surface area (Å²) in [4.78, 5) is 16.1. The number of pyridine rings is 1. The van der Waals surface area contributed by atoms with E-state index in [0.717, 1.165) is 16.8 Å². The Labute approximate surface area is 141 Å². The van der Waals surface area contributed by atoms with Crippen molar-refractivity contribution < 1.29 is 9.53 Å². The van der Waals surface area contributed by atoms with Crippen LogP contribution < -0.4 is 5.32 Å². The third-order valence-corrected chi connectivity index (χ3v) is 3.55. The van der Waals surface area contributed by atoms with Crippen molar-refractivity contribution in [2.24, 2.45) is 0 Å². The Morgan fingerprint density at radius 1 is 0.917 bits per heavy atom. The summed E-state index contributed by atoms with van der Waals surface area (Å²) in [5, 5.41) is 3.29. The molecule has 0 saturated carbocycles. The topological polar surface area (TPSA) is 51.2 Å². The molecule has 0 aliphatic carbocycles. The van der Waals surface area contributed by atoms with Gasteiger partial charge in [0.05, 0.1) is 5.56 Å². The smallest absolute Gasteiger partial charge is 0.338 e. The first-order chi connectivity index (χ1) is 11.8. The van der Waals surface area contributed by atoms with Crippen LogP contribution >= 0.6 is 0 Å². The Balaban J connectivity index is 1.53. The van der Waals surface area contributed by atoms with E-state index in [1.807, 2.05) is 60.8 Å². The number of nitrogens with one attached hydrogen (secondary N) is 1. The molecule has 0 radical (unpaired) electrons. The minimum Gasteiger partial charge on any atom is -0.457 e. The van der Waals surface area contributed by atoms with Crippen LogP contribution in [0.4, 0.5) is 5.69 Å². The number of hydrogen-bond acceptors (Lipinski definition) is 4. The highest BCUT2D eigenvalue weighted by molar-refractivity contribution is 5.89. The predicted molar refractivity (Wildman–Crippen MR) is 93.6 cm³/mol. The van der Waals surface area contributed by atoms with Gasteiger partial charge in [-0.25, -0.2) is 4.79 Å².